The number of anilines is 1. The Balaban J connectivity index is 1.49. The number of benzene rings is 2. The third-order valence-corrected chi connectivity index (χ3v) is 5.14. The fourth-order valence-electron chi connectivity index (χ4n) is 3.58. The van der Waals surface area contributed by atoms with Crippen molar-refractivity contribution in [1.29, 1.82) is 0 Å². The largest absolute Gasteiger partial charge is 0.454 e. The lowest BCUT2D eigenvalue weighted by molar-refractivity contribution is 0.102. The highest BCUT2D eigenvalue weighted by Gasteiger charge is 2.20. The summed E-state index contributed by atoms with van der Waals surface area (Å²) in [7, 11) is 0. The Morgan fingerprint density at radius 1 is 1.00 bits per heavy atom. The smallest absolute Gasteiger partial charge is 0.268 e. The Bertz CT molecular complexity index is 1200. The van der Waals surface area contributed by atoms with Crippen LogP contribution in [0, 0.1) is 6.92 Å². The molecule has 1 amide bonds. The van der Waals surface area contributed by atoms with Crippen molar-refractivity contribution in [2.45, 2.75) is 20.1 Å². The zero-order valence-corrected chi connectivity index (χ0v) is 15.7. The van der Waals surface area contributed by atoms with Gasteiger partial charge < -0.3 is 19.5 Å². The third kappa shape index (κ3) is 3.05. The highest BCUT2D eigenvalue weighted by molar-refractivity contribution is 6.05. The molecule has 0 saturated carbocycles. The monoisotopic (exact) mass is 390 g/mol. The van der Waals surface area contributed by atoms with Gasteiger partial charge in [0.05, 0.1) is 18.9 Å². The van der Waals surface area contributed by atoms with Gasteiger partial charge in [0.25, 0.3) is 11.5 Å². The summed E-state index contributed by atoms with van der Waals surface area (Å²) in [6.07, 6.45) is 1.65. The normalized spacial score (nSPS) is 14.0. The number of amides is 1. The first-order valence-corrected chi connectivity index (χ1v) is 9.23. The van der Waals surface area contributed by atoms with Crippen LogP contribution >= 0.6 is 0 Å². The topological polar surface area (TPSA) is 78.8 Å². The van der Waals surface area contributed by atoms with Crippen molar-refractivity contribution in [3.8, 4) is 17.2 Å². The quantitative estimate of drug-likeness (QED) is 0.743. The Kier molecular flexibility index (Phi) is 4.10. The van der Waals surface area contributed by atoms with E-state index in [9.17, 15) is 9.59 Å². The van der Waals surface area contributed by atoms with E-state index in [1.165, 1.54) is 4.57 Å². The molecule has 2 aromatic carbocycles. The van der Waals surface area contributed by atoms with Crippen molar-refractivity contribution in [1.82, 2.24) is 4.57 Å². The minimum absolute atomic E-state index is 0.0990. The number of fused-ring (bicyclic) bond motifs is 2. The second-order valence-electron chi connectivity index (χ2n) is 7.02. The lowest BCUT2D eigenvalue weighted by Crippen LogP contribution is -2.29. The molecule has 1 N–H and O–H groups in total. The van der Waals surface area contributed by atoms with E-state index in [1.807, 2.05) is 18.2 Å². The Morgan fingerprint density at radius 2 is 1.83 bits per heavy atom. The number of carbonyl (C=O) groups excluding carboxylic acids is 1. The van der Waals surface area contributed by atoms with E-state index in [0.29, 0.717) is 41.7 Å². The fourth-order valence-corrected chi connectivity index (χ4v) is 3.58. The SMILES string of the molecule is Cc1ccn(-c2ccc3c(c2)OCO3)c(=O)c1C(=O)Nc1ccc2c(c1)COC2. The molecule has 0 unspecified atom stereocenters. The second-order valence-corrected chi connectivity index (χ2v) is 7.02. The minimum Gasteiger partial charge on any atom is -0.454 e. The third-order valence-electron chi connectivity index (χ3n) is 5.14. The van der Waals surface area contributed by atoms with Crippen molar-refractivity contribution < 1.29 is 19.0 Å². The maximum atomic E-state index is 13.1. The number of aromatic nitrogens is 1. The van der Waals surface area contributed by atoms with E-state index in [1.54, 1.807) is 37.4 Å². The predicted molar refractivity (Wildman–Crippen MR) is 106 cm³/mol. The van der Waals surface area contributed by atoms with Gasteiger partial charge in [-0.25, -0.2) is 0 Å². The van der Waals surface area contributed by atoms with Crippen LogP contribution < -0.4 is 20.3 Å². The average molecular weight is 390 g/mol. The average Bonchev–Trinajstić information content (AvgIpc) is 3.36. The van der Waals surface area contributed by atoms with Crippen molar-refractivity contribution in [3.63, 3.8) is 0 Å². The first kappa shape index (κ1) is 17.5. The van der Waals surface area contributed by atoms with Crippen LogP contribution in [0.1, 0.15) is 27.0 Å². The van der Waals surface area contributed by atoms with Gasteiger partial charge >= 0.3 is 0 Å². The van der Waals surface area contributed by atoms with Crippen molar-refractivity contribution >= 4 is 11.6 Å². The number of carbonyl (C=O) groups is 1. The van der Waals surface area contributed by atoms with Crippen LogP contribution in [0.25, 0.3) is 5.69 Å². The molecule has 3 aromatic rings. The zero-order chi connectivity index (χ0) is 20.0. The molecule has 0 radical (unpaired) electrons. The Morgan fingerprint density at radius 3 is 2.72 bits per heavy atom. The van der Waals surface area contributed by atoms with Crippen molar-refractivity contribution in [3.05, 3.63) is 81.3 Å². The van der Waals surface area contributed by atoms with Crippen LogP contribution in [-0.2, 0) is 18.0 Å². The Labute approximate surface area is 166 Å². The van der Waals surface area contributed by atoms with Gasteiger partial charge in [0, 0.05) is 18.0 Å². The standard InChI is InChI=1S/C22H18N2O5/c1-13-6-7-24(17-4-5-18-19(9-17)29-12-28-18)22(26)20(13)21(25)23-16-3-2-14-10-27-11-15(14)8-16/h2-9H,10-12H2,1H3,(H,23,25). The molecule has 0 fully saturated rings. The lowest BCUT2D eigenvalue weighted by atomic mass is 10.1. The summed E-state index contributed by atoms with van der Waals surface area (Å²) in [5.74, 6) is 0.760. The van der Waals surface area contributed by atoms with Gasteiger partial charge in [-0.2, -0.15) is 0 Å². The molecule has 0 atom stereocenters. The first-order chi connectivity index (χ1) is 14.1. The van der Waals surface area contributed by atoms with Crippen LogP contribution in [0.2, 0.25) is 0 Å². The van der Waals surface area contributed by atoms with Gasteiger partial charge in [0.15, 0.2) is 11.5 Å². The molecular formula is C22H18N2O5. The van der Waals surface area contributed by atoms with E-state index >= 15 is 0 Å². The van der Waals surface area contributed by atoms with Crippen molar-refractivity contribution in [2.75, 3.05) is 12.1 Å². The van der Waals surface area contributed by atoms with Gasteiger partial charge in [-0.15, -0.1) is 0 Å². The molecule has 0 bridgehead atoms. The van der Waals surface area contributed by atoms with Crippen LogP contribution in [0.3, 0.4) is 0 Å². The highest BCUT2D eigenvalue weighted by atomic mass is 16.7. The van der Waals surface area contributed by atoms with E-state index in [0.717, 1.165) is 11.1 Å². The number of aryl methyl sites for hydroxylation is 1. The van der Waals surface area contributed by atoms with E-state index < -0.39 is 11.5 Å². The molecule has 146 valence electrons. The molecule has 7 nitrogen and oxygen atoms in total. The van der Waals surface area contributed by atoms with Crippen LogP contribution in [0.4, 0.5) is 5.69 Å². The predicted octanol–water partition coefficient (Wildman–Crippen LogP) is 3.16. The molecule has 2 aliphatic rings. The molecule has 7 heteroatoms. The summed E-state index contributed by atoms with van der Waals surface area (Å²) in [5, 5.41) is 2.84. The number of hydrogen-bond acceptors (Lipinski definition) is 5. The summed E-state index contributed by atoms with van der Waals surface area (Å²) < 4.78 is 17.5. The number of pyridine rings is 1. The highest BCUT2D eigenvalue weighted by Crippen LogP contribution is 2.33. The second kappa shape index (κ2) is 6.79. The van der Waals surface area contributed by atoms with Gasteiger partial charge in [-0.3, -0.25) is 14.2 Å². The van der Waals surface area contributed by atoms with E-state index in [2.05, 4.69) is 5.32 Å². The summed E-state index contributed by atoms with van der Waals surface area (Å²) in [5.41, 5.74) is 3.70. The van der Waals surface area contributed by atoms with Gasteiger partial charge in [-0.05, 0) is 53.9 Å². The number of hydrogen-bond donors (Lipinski definition) is 1. The van der Waals surface area contributed by atoms with Crippen LogP contribution in [-0.4, -0.2) is 17.3 Å². The van der Waals surface area contributed by atoms with Gasteiger partial charge in [0.2, 0.25) is 6.79 Å². The minimum atomic E-state index is -0.443. The van der Waals surface area contributed by atoms with E-state index in [-0.39, 0.29) is 12.4 Å². The van der Waals surface area contributed by atoms with Gasteiger partial charge in [0.1, 0.15) is 5.56 Å². The Hall–Kier alpha value is -3.58. The molecule has 0 aliphatic carbocycles. The summed E-state index contributed by atoms with van der Waals surface area (Å²) >= 11 is 0. The summed E-state index contributed by atoms with van der Waals surface area (Å²) in [6.45, 7) is 3.01. The van der Waals surface area contributed by atoms with Crippen molar-refractivity contribution in [2.24, 2.45) is 0 Å². The van der Waals surface area contributed by atoms with Crippen LogP contribution in [0.5, 0.6) is 11.5 Å². The molecule has 0 spiro atoms. The lowest BCUT2D eigenvalue weighted by Gasteiger charge is -2.12. The zero-order valence-electron chi connectivity index (χ0n) is 15.7. The first-order valence-electron chi connectivity index (χ1n) is 9.23. The molecule has 5 rings (SSSR count). The van der Waals surface area contributed by atoms with Gasteiger partial charge in [-0.1, -0.05) is 6.07 Å². The summed E-state index contributed by atoms with van der Waals surface area (Å²) in [4.78, 5) is 26.0. The maximum Gasteiger partial charge on any atom is 0.268 e. The molecule has 2 aliphatic heterocycles. The number of ether oxygens (including phenoxy) is 3. The molecular weight excluding hydrogens is 372 g/mol. The number of rotatable bonds is 3. The molecule has 3 heterocycles. The molecule has 1 aromatic heterocycles. The summed E-state index contributed by atoms with van der Waals surface area (Å²) in [6, 6.07) is 12.6. The fraction of sp³-hybridized carbons (Fsp3) is 0.182. The van der Waals surface area contributed by atoms with E-state index in [4.69, 9.17) is 14.2 Å². The number of nitrogens with zero attached hydrogens (tertiary/aromatic N) is 1. The van der Waals surface area contributed by atoms with Crippen LogP contribution in [0.15, 0.2) is 53.5 Å². The molecule has 29 heavy (non-hydrogen) atoms. The number of nitrogens with one attached hydrogen (secondary N) is 1. The molecule has 0 saturated heterocycles. The maximum absolute atomic E-state index is 13.1.